The summed E-state index contributed by atoms with van der Waals surface area (Å²) in [5.74, 6) is 0.639. The Bertz CT molecular complexity index is 704. The van der Waals surface area contributed by atoms with Crippen LogP contribution in [0.5, 0.6) is 0 Å². The van der Waals surface area contributed by atoms with E-state index in [1.165, 1.54) is 52.7 Å². The van der Waals surface area contributed by atoms with Gasteiger partial charge in [-0.15, -0.1) is 0 Å². The zero-order chi connectivity index (χ0) is 18.2. The van der Waals surface area contributed by atoms with E-state index < -0.39 is 20.8 Å². The summed E-state index contributed by atoms with van der Waals surface area (Å²) in [4.78, 5) is 0. The molecule has 3 heteroatoms. The zero-order valence-electron chi connectivity index (χ0n) is 15.2. The van der Waals surface area contributed by atoms with E-state index in [-0.39, 0.29) is 0 Å². The number of hydrogen-bond acceptors (Lipinski definition) is 0. The van der Waals surface area contributed by atoms with Gasteiger partial charge < -0.3 is 0 Å². The van der Waals surface area contributed by atoms with E-state index in [0.29, 0.717) is 5.92 Å². The molecule has 0 saturated carbocycles. The van der Waals surface area contributed by atoms with Crippen molar-refractivity contribution in [2.45, 2.75) is 46.0 Å². The van der Waals surface area contributed by atoms with Crippen molar-refractivity contribution in [3.05, 3.63) is 71.1 Å². The molecule has 0 fully saturated rings. The summed E-state index contributed by atoms with van der Waals surface area (Å²) in [5.41, 5.74) is 8.34. The summed E-state index contributed by atoms with van der Waals surface area (Å²) in [6, 6.07) is 15.8. The van der Waals surface area contributed by atoms with Gasteiger partial charge in [0.2, 0.25) is 0 Å². The molecule has 1 aliphatic carbocycles. The molecule has 0 spiro atoms. The van der Waals surface area contributed by atoms with E-state index in [4.69, 9.17) is 17.0 Å². The molecule has 25 heavy (non-hydrogen) atoms. The van der Waals surface area contributed by atoms with Crippen LogP contribution in [0, 0.1) is 6.42 Å². The van der Waals surface area contributed by atoms with Gasteiger partial charge in [0.15, 0.2) is 0 Å². The van der Waals surface area contributed by atoms with Gasteiger partial charge in [-0.05, 0) is 46.6 Å². The topological polar surface area (TPSA) is 0 Å². The Morgan fingerprint density at radius 1 is 1.00 bits per heavy atom. The Morgan fingerprint density at radius 3 is 2.28 bits per heavy atom. The van der Waals surface area contributed by atoms with Crippen molar-refractivity contribution in [3.63, 3.8) is 0 Å². The van der Waals surface area contributed by atoms with Crippen molar-refractivity contribution in [1.82, 2.24) is 0 Å². The van der Waals surface area contributed by atoms with Crippen molar-refractivity contribution < 1.29 is 20.8 Å². The average molecular weight is 452 g/mol. The van der Waals surface area contributed by atoms with E-state index in [0.717, 1.165) is 0 Å². The molecule has 2 aromatic rings. The summed E-state index contributed by atoms with van der Waals surface area (Å²) < 4.78 is 0. The van der Waals surface area contributed by atoms with Crippen molar-refractivity contribution in [3.8, 4) is 11.1 Å². The molecule has 0 N–H and O–H groups in total. The van der Waals surface area contributed by atoms with Gasteiger partial charge in [-0.1, -0.05) is 81.3 Å². The molecule has 3 rings (SSSR count). The molecule has 0 heterocycles. The Morgan fingerprint density at radius 2 is 1.68 bits per heavy atom. The van der Waals surface area contributed by atoms with Gasteiger partial charge in [0.05, 0.1) is 0 Å². The molecule has 0 aliphatic heterocycles. The number of fused-ring (bicyclic) bond motifs is 1. The molecule has 0 nitrogen and oxygen atoms in total. The fourth-order valence-electron chi connectivity index (χ4n) is 3.21. The number of benzene rings is 2. The Labute approximate surface area is 171 Å². The van der Waals surface area contributed by atoms with Crippen molar-refractivity contribution in [2.75, 3.05) is 0 Å². The van der Waals surface area contributed by atoms with Crippen LogP contribution in [0.3, 0.4) is 0 Å². The summed E-state index contributed by atoms with van der Waals surface area (Å²) in [6.45, 7) is 6.79. The van der Waals surface area contributed by atoms with Crippen LogP contribution in [0.15, 0.2) is 48.0 Å². The van der Waals surface area contributed by atoms with Gasteiger partial charge in [-0.25, -0.2) is 0 Å². The number of allylic oxidation sites excluding steroid dienone is 1. The van der Waals surface area contributed by atoms with Crippen molar-refractivity contribution in [2.24, 2.45) is 0 Å². The second-order valence-corrected chi connectivity index (χ2v) is 10.2. The van der Waals surface area contributed by atoms with Gasteiger partial charge in [-0.3, -0.25) is 0 Å². The Balaban J connectivity index is 0.000000701. The number of hydrogen-bond donors (Lipinski definition) is 0. The zero-order valence-corrected chi connectivity index (χ0v) is 19.1. The van der Waals surface area contributed by atoms with Crippen LogP contribution >= 0.6 is 17.0 Å². The molecule has 0 saturated heterocycles. The van der Waals surface area contributed by atoms with E-state index >= 15 is 0 Å². The second-order valence-electron chi connectivity index (χ2n) is 6.42. The van der Waals surface area contributed by atoms with Crippen LogP contribution < -0.4 is 0 Å². The maximum absolute atomic E-state index is 4.93. The Hall–Kier alpha value is -0.357. The molecular formula is C22H25Cl2Zr. The van der Waals surface area contributed by atoms with Gasteiger partial charge >= 0.3 is 37.9 Å². The Kier molecular flexibility index (Phi) is 8.97. The van der Waals surface area contributed by atoms with E-state index in [2.05, 4.69) is 75.7 Å². The van der Waals surface area contributed by atoms with Gasteiger partial charge in [0.1, 0.15) is 0 Å². The average Bonchev–Trinajstić information content (AvgIpc) is 3.05. The van der Waals surface area contributed by atoms with Gasteiger partial charge in [0, 0.05) is 6.42 Å². The van der Waals surface area contributed by atoms with Crippen molar-refractivity contribution in [1.29, 1.82) is 0 Å². The quantitative estimate of drug-likeness (QED) is 0.432. The minimum atomic E-state index is -0.826. The molecule has 0 amide bonds. The minimum absolute atomic E-state index is 0.639. The van der Waals surface area contributed by atoms with E-state index in [1.807, 2.05) is 0 Å². The molecule has 0 aromatic heterocycles. The first-order valence-electron chi connectivity index (χ1n) is 8.89. The first kappa shape index (κ1) is 20.9. The fraction of sp³-hybridized carbons (Fsp3) is 0.318. The molecule has 0 bridgehead atoms. The molecule has 131 valence electrons. The predicted octanol–water partition coefficient (Wildman–Crippen LogP) is 7.99. The number of rotatable bonds is 5. The van der Waals surface area contributed by atoms with E-state index in [9.17, 15) is 0 Å². The van der Waals surface area contributed by atoms with Crippen LogP contribution in [0.2, 0.25) is 0 Å². The van der Waals surface area contributed by atoms with Crippen molar-refractivity contribution >= 4 is 23.1 Å². The van der Waals surface area contributed by atoms with Crippen LogP contribution in [0.25, 0.3) is 17.2 Å². The molecule has 1 atom stereocenters. The summed E-state index contributed by atoms with van der Waals surface area (Å²) in [7, 11) is 9.87. The molecule has 1 unspecified atom stereocenters. The first-order chi connectivity index (χ1) is 12.1. The standard InChI is InChI=1S/C22H25.2ClH.Zr/c1-4-7-17-14-20-8-6-9-21(22(20)15-17)19-12-10-18(11-13-19)16(3)5-2;;;/h6,8-16H,4-5,7H2,1-3H3;2*1H;/q;;;+2/p-2. The summed E-state index contributed by atoms with van der Waals surface area (Å²) in [5, 5.41) is 0. The number of halogens is 2. The first-order valence-corrected chi connectivity index (χ1v) is 15.2. The van der Waals surface area contributed by atoms with Gasteiger partial charge in [0.25, 0.3) is 0 Å². The predicted molar refractivity (Wildman–Crippen MR) is 109 cm³/mol. The molecule has 1 radical (unpaired) electrons. The second kappa shape index (κ2) is 10.7. The van der Waals surface area contributed by atoms with Crippen LogP contribution in [0.1, 0.15) is 62.6 Å². The van der Waals surface area contributed by atoms with E-state index in [1.54, 1.807) is 0 Å². The molecular weight excluding hydrogens is 426 g/mol. The molecule has 2 aromatic carbocycles. The normalized spacial score (nSPS) is 13.4. The third kappa shape index (κ3) is 5.56. The van der Waals surface area contributed by atoms with Crippen LogP contribution in [-0.4, -0.2) is 0 Å². The third-order valence-corrected chi connectivity index (χ3v) is 4.75. The van der Waals surface area contributed by atoms with Gasteiger partial charge in [-0.2, -0.15) is 0 Å². The van der Waals surface area contributed by atoms with Crippen LogP contribution in [0.4, 0.5) is 0 Å². The maximum atomic E-state index is 4.93. The monoisotopic (exact) mass is 449 g/mol. The summed E-state index contributed by atoms with van der Waals surface area (Å²) in [6.07, 6.45) is 8.28. The third-order valence-electron chi connectivity index (χ3n) is 4.75. The fourth-order valence-corrected chi connectivity index (χ4v) is 3.21. The SMILES string of the molecule is CCCC1=Cc2c(cccc2-c2ccc(C(C)CC)cc2)[CH]1.[Cl][Zr][Cl]. The molecule has 1 aliphatic rings. The summed E-state index contributed by atoms with van der Waals surface area (Å²) >= 11 is -0.826. The van der Waals surface area contributed by atoms with Crippen LogP contribution in [-0.2, 0) is 20.8 Å².